The van der Waals surface area contributed by atoms with Crippen LogP contribution < -0.4 is 0 Å². The van der Waals surface area contributed by atoms with Gasteiger partial charge in [0.25, 0.3) is 0 Å². The van der Waals surface area contributed by atoms with E-state index in [1.807, 2.05) is 0 Å². The molecule has 0 radical (unpaired) electrons. The first-order valence-corrected chi connectivity index (χ1v) is 6.03. The highest BCUT2D eigenvalue weighted by Crippen LogP contribution is 2.37. The van der Waals surface area contributed by atoms with Crippen molar-refractivity contribution >= 4 is 22.0 Å². The predicted molar refractivity (Wildman–Crippen MR) is 66.4 cm³/mol. The van der Waals surface area contributed by atoms with Gasteiger partial charge in [-0.05, 0) is 29.7 Å². The van der Waals surface area contributed by atoms with E-state index >= 15 is 0 Å². The van der Waals surface area contributed by atoms with E-state index in [0.29, 0.717) is 6.04 Å². The fourth-order valence-corrected chi connectivity index (χ4v) is 2.86. The van der Waals surface area contributed by atoms with E-state index in [2.05, 4.69) is 63.5 Å². The Morgan fingerprint density at radius 3 is 3.13 bits per heavy atom. The van der Waals surface area contributed by atoms with Crippen molar-refractivity contribution in [2.45, 2.75) is 12.5 Å². The lowest BCUT2D eigenvalue weighted by molar-refractivity contribution is 0.293. The van der Waals surface area contributed by atoms with Crippen molar-refractivity contribution < 1.29 is 0 Å². The molecule has 0 aliphatic carbocycles. The molecule has 2 aliphatic heterocycles. The molecule has 2 heteroatoms. The highest BCUT2D eigenvalue weighted by molar-refractivity contribution is 9.10. The lowest BCUT2D eigenvalue weighted by atomic mass is 9.92. The van der Waals surface area contributed by atoms with Gasteiger partial charge >= 0.3 is 0 Å². The molecule has 0 aromatic heterocycles. The van der Waals surface area contributed by atoms with E-state index in [-0.39, 0.29) is 0 Å². The highest BCUT2D eigenvalue weighted by atomic mass is 79.9. The van der Waals surface area contributed by atoms with E-state index in [4.69, 9.17) is 0 Å². The number of nitrogens with zero attached hydrogens (tertiary/aromatic N) is 1. The van der Waals surface area contributed by atoms with E-state index in [9.17, 15) is 0 Å². The third-order valence-electron chi connectivity index (χ3n) is 3.12. The Labute approximate surface area is 98.2 Å². The summed E-state index contributed by atoms with van der Waals surface area (Å²) in [6.45, 7) is 1.03. The monoisotopic (exact) mass is 261 g/mol. The van der Waals surface area contributed by atoms with Gasteiger partial charge in [-0.3, -0.25) is 0 Å². The SMILES string of the molecule is Brc1cccc2c1C=CN1CC=CCC21. The Bertz CT molecular complexity index is 448. The van der Waals surface area contributed by atoms with E-state index in [0.717, 1.165) is 13.0 Å². The molecule has 3 rings (SSSR count). The maximum atomic E-state index is 3.61. The molecule has 0 N–H and O–H groups in total. The molecule has 0 spiro atoms. The minimum atomic E-state index is 0.535. The topological polar surface area (TPSA) is 3.24 Å². The minimum Gasteiger partial charge on any atom is -0.366 e. The number of hydrogen-bond acceptors (Lipinski definition) is 1. The molecule has 0 saturated heterocycles. The van der Waals surface area contributed by atoms with Crippen LogP contribution >= 0.6 is 15.9 Å². The molecular formula is C13H12BrN. The summed E-state index contributed by atoms with van der Waals surface area (Å²) < 4.78 is 1.20. The highest BCUT2D eigenvalue weighted by Gasteiger charge is 2.24. The molecule has 1 unspecified atom stereocenters. The maximum Gasteiger partial charge on any atom is 0.0581 e. The second-order valence-corrected chi connectivity index (χ2v) is 4.83. The quantitative estimate of drug-likeness (QED) is 0.644. The molecule has 76 valence electrons. The van der Waals surface area contributed by atoms with Gasteiger partial charge in [0.05, 0.1) is 6.04 Å². The van der Waals surface area contributed by atoms with Crippen molar-refractivity contribution in [3.05, 3.63) is 52.2 Å². The summed E-state index contributed by atoms with van der Waals surface area (Å²) in [5.41, 5.74) is 2.78. The summed E-state index contributed by atoms with van der Waals surface area (Å²) in [6.07, 6.45) is 10.1. The number of halogens is 1. The van der Waals surface area contributed by atoms with Crippen LogP contribution in [0.1, 0.15) is 23.6 Å². The zero-order valence-electron chi connectivity index (χ0n) is 8.36. The van der Waals surface area contributed by atoms with Crippen molar-refractivity contribution in [2.24, 2.45) is 0 Å². The smallest absolute Gasteiger partial charge is 0.0581 e. The van der Waals surface area contributed by atoms with Crippen LogP contribution in [0.5, 0.6) is 0 Å². The first kappa shape index (κ1) is 9.22. The zero-order chi connectivity index (χ0) is 10.3. The number of fused-ring (bicyclic) bond motifs is 3. The molecule has 1 aromatic carbocycles. The first-order chi connectivity index (χ1) is 7.36. The Morgan fingerprint density at radius 2 is 2.20 bits per heavy atom. The average molecular weight is 262 g/mol. The molecule has 2 heterocycles. The Kier molecular flexibility index (Phi) is 2.17. The third kappa shape index (κ3) is 1.44. The molecule has 1 atom stereocenters. The number of hydrogen-bond donors (Lipinski definition) is 0. The van der Waals surface area contributed by atoms with Crippen LogP contribution in [-0.2, 0) is 0 Å². The summed E-state index contributed by atoms with van der Waals surface area (Å²) in [5, 5.41) is 0. The molecule has 0 amide bonds. The Balaban J connectivity index is 2.13. The Morgan fingerprint density at radius 1 is 1.27 bits per heavy atom. The van der Waals surface area contributed by atoms with E-state index < -0.39 is 0 Å². The lowest BCUT2D eigenvalue weighted by Gasteiger charge is -2.36. The van der Waals surface area contributed by atoms with Crippen LogP contribution in [0.2, 0.25) is 0 Å². The molecule has 0 saturated carbocycles. The van der Waals surface area contributed by atoms with Gasteiger partial charge < -0.3 is 4.90 Å². The average Bonchev–Trinajstić information content (AvgIpc) is 2.29. The van der Waals surface area contributed by atoms with Gasteiger partial charge in [0.15, 0.2) is 0 Å². The molecule has 0 fully saturated rings. The van der Waals surface area contributed by atoms with Crippen LogP contribution in [0, 0.1) is 0 Å². The zero-order valence-corrected chi connectivity index (χ0v) is 9.94. The predicted octanol–water partition coefficient (Wildman–Crippen LogP) is 3.74. The Hall–Kier alpha value is -1.02. The minimum absolute atomic E-state index is 0.535. The normalized spacial score (nSPS) is 22.5. The molecule has 0 bridgehead atoms. The molecule has 1 aromatic rings. The van der Waals surface area contributed by atoms with Crippen LogP contribution in [0.3, 0.4) is 0 Å². The van der Waals surface area contributed by atoms with E-state index in [1.165, 1.54) is 15.6 Å². The second kappa shape index (κ2) is 3.53. The van der Waals surface area contributed by atoms with Crippen LogP contribution in [-0.4, -0.2) is 11.4 Å². The van der Waals surface area contributed by atoms with Gasteiger partial charge in [0.1, 0.15) is 0 Å². The largest absolute Gasteiger partial charge is 0.366 e. The second-order valence-electron chi connectivity index (χ2n) is 3.98. The van der Waals surface area contributed by atoms with Crippen LogP contribution in [0.4, 0.5) is 0 Å². The fraction of sp³-hybridized carbons (Fsp3) is 0.231. The van der Waals surface area contributed by atoms with Crippen LogP contribution in [0.15, 0.2) is 41.0 Å². The summed E-state index contributed by atoms with van der Waals surface area (Å²) in [4.78, 5) is 2.40. The van der Waals surface area contributed by atoms with Gasteiger partial charge in [-0.2, -0.15) is 0 Å². The summed E-state index contributed by atoms with van der Waals surface area (Å²) in [5.74, 6) is 0. The summed E-state index contributed by atoms with van der Waals surface area (Å²) in [7, 11) is 0. The van der Waals surface area contributed by atoms with Gasteiger partial charge in [0, 0.05) is 17.2 Å². The summed E-state index contributed by atoms with van der Waals surface area (Å²) >= 11 is 3.61. The van der Waals surface area contributed by atoms with Gasteiger partial charge in [-0.1, -0.05) is 40.2 Å². The third-order valence-corrected chi connectivity index (χ3v) is 3.81. The van der Waals surface area contributed by atoms with Gasteiger partial charge in [-0.25, -0.2) is 0 Å². The van der Waals surface area contributed by atoms with Crippen LogP contribution in [0.25, 0.3) is 6.08 Å². The lowest BCUT2D eigenvalue weighted by Crippen LogP contribution is -2.28. The van der Waals surface area contributed by atoms with E-state index in [1.54, 1.807) is 0 Å². The van der Waals surface area contributed by atoms with Gasteiger partial charge in [0.2, 0.25) is 0 Å². The molecule has 1 nitrogen and oxygen atoms in total. The van der Waals surface area contributed by atoms with Gasteiger partial charge in [-0.15, -0.1) is 0 Å². The maximum absolute atomic E-state index is 3.61. The standard InChI is InChI=1S/C13H12BrN/c14-12-5-3-4-11-10(12)7-9-15-8-2-1-6-13(11)15/h1-5,7,9,13H,6,8H2. The van der Waals surface area contributed by atoms with Crippen molar-refractivity contribution in [1.82, 2.24) is 4.90 Å². The fourth-order valence-electron chi connectivity index (χ4n) is 2.34. The molecule has 15 heavy (non-hydrogen) atoms. The number of benzene rings is 1. The van der Waals surface area contributed by atoms with Crippen molar-refractivity contribution in [3.8, 4) is 0 Å². The molecular weight excluding hydrogens is 250 g/mol. The summed E-state index contributed by atoms with van der Waals surface area (Å²) in [6, 6.07) is 7.00. The van der Waals surface area contributed by atoms with Crippen molar-refractivity contribution in [1.29, 1.82) is 0 Å². The van der Waals surface area contributed by atoms with Crippen molar-refractivity contribution in [3.63, 3.8) is 0 Å². The molecule has 2 aliphatic rings. The first-order valence-electron chi connectivity index (χ1n) is 5.23. The van der Waals surface area contributed by atoms with Crippen molar-refractivity contribution in [2.75, 3.05) is 6.54 Å². The number of rotatable bonds is 0.